The SMILES string of the molecule is Nc1cc(Br)cc2c1CCN(CCCc1ccccc1)C2. The van der Waals surface area contributed by atoms with E-state index in [0.29, 0.717) is 0 Å². The van der Waals surface area contributed by atoms with Gasteiger partial charge in [0, 0.05) is 23.2 Å². The molecule has 0 amide bonds. The Morgan fingerprint density at radius 3 is 2.76 bits per heavy atom. The maximum Gasteiger partial charge on any atom is 0.0361 e. The molecule has 0 saturated heterocycles. The van der Waals surface area contributed by atoms with Crippen molar-refractivity contribution in [2.75, 3.05) is 18.8 Å². The summed E-state index contributed by atoms with van der Waals surface area (Å²) in [4.78, 5) is 2.54. The number of nitrogen functional groups attached to an aromatic ring is 1. The van der Waals surface area contributed by atoms with Crippen LogP contribution in [0, 0.1) is 0 Å². The van der Waals surface area contributed by atoms with Gasteiger partial charge in [-0.3, -0.25) is 4.90 Å². The van der Waals surface area contributed by atoms with Crippen LogP contribution in [0.2, 0.25) is 0 Å². The number of halogens is 1. The lowest BCUT2D eigenvalue weighted by Crippen LogP contribution is -2.32. The van der Waals surface area contributed by atoms with Crippen molar-refractivity contribution in [3.05, 3.63) is 63.6 Å². The first-order chi connectivity index (χ1) is 10.2. The van der Waals surface area contributed by atoms with Crippen molar-refractivity contribution < 1.29 is 0 Å². The molecule has 110 valence electrons. The van der Waals surface area contributed by atoms with Gasteiger partial charge in [-0.05, 0) is 54.6 Å². The summed E-state index contributed by atoms with van der Waals surface area (Å²) in [5, 5.41) is 0. The smallest absolute Gasteiger partial charge is 0.0361 e. The van der Waals surface area contributed by atoms with Gasteiger partial charge in [-0.2, -0.15) is 0 Å². The summed E-state index contributed by atoms with van der Waals surface area (Å²) >= 11 is 3.55. The van der Waals surface area contributed by atoms with E-state index >= 15 is 0 Å². The molecule has 21 heavy (non-hydrogen) atoms. The van der Waals surface area contributed by atoms with Crippen LogP contribution in [0.3, 0.4) is 0 Å². The molecule has 0 bridgehead atoms. The molecule has 3 heteroatoms. The quantitative estimate of drug-likeness (QED) is 0.848. The van der Waals surface area contributed by atoms with Crippen LogP contribution in [0.25, 0.3) is 0 Å². The van der Waals surface area contributed by atoms with Crippen molar-refractivity contribution in [2.45, 2.75) is 25.8 Å². The maximum absolute atomic E-state index is 6.12. The van der Waals surface area contributed by atoms with Gasteiger partial charge in [0.15, 0.2) is 0 Å². The summed E-state index contributed by atoms with van der Waals surface area (Å²) in [7, 11) is 0. The minimum atomic E-state index is 0.934. The molecule has 2 aromatic carbocycles. The standard InChI is InChI=1S/C18H21BrN2/c19-16-11-15-13-21(10-8-17(15)18(20)12-16)9-4-7-14-5-2-1-3-6-14/h1-3,5-6,11-12H,4,7-10,13,20H2. The Morgan fingerprint density at radius 1 is 1.14 bits per heavy atom. The number of hydrogen-bond donors (Lipinski definition) is 1. The van der Waals surface area contributed by atoms with Crippen LogP contribution in [-0.4, -0.2) is 18.0 Å². The van der Waals surface area contributed by atoms with Crippen molar-refractivity contribution in [2.24, 2.45) is 0 Å². The Kier molecular flexibility index (Phi) is 4.61. The van der Waals surface area contributed by atoms with Crippen LogP contribution in [0.5, 0.6) is 0 Å². The molecule has 1 aliphatic heterocycles. The molecule has 0 aliphatic carbocycles. The van der Waals surface area contributed by atoms with Crippen molar-refractivity contribution in [1.82, 2.24) is 4.90 Å². The summed E-state index contributed by atoms with van der Waals surface area (Å²) in [6.45, 7) is 3.29. The molecule has 0 unspecified atom stereocenters. The van der Waals surface area contributed by atoms with Gasteiger partial charge in [-0.1, -0.05) is 46.3 Å². The minimum Gasteiger partial charge on any atom is -0.398 e. The Balaban J connectivity index is 1.57. The number of rotatable bonds is 4. The third-order valence-corrected chi connectivity index (χ3v) is 4.65. The highest BCUT2D eigenvalue weighted by molar-refractivity contribution is 9.10. The molecule has 2 N–H and O–H groups in total. The Labute approximate surface area is 135 Å². The van der Waals surface area contributed by atoms with Gasteiger partial charge in [0.1, 0.15) is 0 Å². The second-order valence-electron chi connectivity index (χ2n) is 5.75. The first-order valence-corrected chi connectivity index (χ1v) is 8.35. The summed E-state index contributed by atoms with van der Waals surface area (Å²) in [6.07, 6.45) is 3.44. The molecule has 0 fully saturated rings. The predicted molar refractivity (Wildman–Crippen MR) is 92.3 cm³/mol. The van der Waals surface area contributed by atoms with Gasteiger partial charge in [0.25, 0.3) is 0 Å². The number of hydrogen-bond acceptors (Lipinski definition) is 2. The first-order valence-electron chi connectivity index (χ1n) is 7.55. The Bertz CT molecular complexity index is 610. The molecule has 0 atom stereocenters. The highest BCUT2D eigenvalue weighted by Gasteiger charge is 2.18. The van der Waals surface area contributed by atoms with Gasteiger partial charge in [0.05, 0.1) is 0 Å². The predicted octanol–water partition coefficient (Wildman–Crippen LogP) is 4.02. The zero-order valence-electron chi connectivity index (χ0n) is 12.2. The third kappa shape index (κ3) is 3.66. The molecule has 0 aromatic heterocycles. The van der Waals surface area contributed by atoms with E-state index in [1.165, 1.54) is 23.1 Å². The highest BCUT2D eigenvalue weighted by Crippen LogP contribution is 2.28. The van der Waals surface area contributed by atoms with E-state index in [0.717, 1.165) is 42.6 Å². The van der Waals surface area contributed by atoms with E-state index < -0.39 is 0 Å². The average Bonchev–Trinajstić information content (AvgIpc) is 2.48. The molecular weight excluding hydrogens is 324 g/mol. The molecule has 1 aliphatic rings. The van der Waals surface area contributed by atoms with E-state index in [2.05, 4.69) is 57.2 Å². The van der Waals surface area contributed by atoms with Crippen LogP contribution in [0.1, 0.15) is 23.1 Å². The van der Waals surface area contributed by atoms with Crippen LogP contribution in [0.15, 0.2) is 46.9 Å². The molecule has 3 rings (SSSR count). The molecular formula is C18H21BrN2. The van der Waals surface area contributed by atoms with Gasteiger partial charge in [0.2, 0.25) is 0 Å². The van der Waals surface area contributed by atoms with E-state index in [1.807, 2.05) is 6.07 Å². The lowest BCUT2D eigenvalue weighted by molar-refractivity contribution is 0.251. The first kappa shape index (κ1) is 14.6. The summed E-state index contributed by atoms with van der Waals surface area (Å²) in [5.41, 5.74) is 11.2. The second-order valence-corrected chi connectivity index (χ2v) is 6.66. The number of aryl methyl sites for hydroxylation is 1. The van der Waals surface area contributed by atoms with E-state index in [-0.39, 0.29) is 0 Å². The van der Waals surface area contributed by atoms with Crippen LogP contribution in [-0.2, 0) is 19.4 Å². The molecule has 0 saturated carbocycles. The molecule has 2 nitrogen and oxygen atoms in total. The fourth-order valence-corrected chi connectivity index (χ4v) is 3.62. The maximum atomic E-state index is 6.12. The number of benzene rings is 2. The van der Waals surface area contributed by atoms with Crippen LogP contribution >= 0.6 is 15.9 Å². The third-order valence-electron chi connectivity index (χ3n) is 4.20. The van der Waals surface area contributed by atoms with E-state index in [4.69, 9.17) is 5.73 Å². The van der Waals surface area contributed by atoms with E-state index in [9.17, 15) is 0 Å². The summed E-state index contributed by atoms with van der Waals surface area (Å²) < 4.78 is 1.09. The fraction of sp³-hybridized carbons (Fsp3) is 0.333. The van der Waals surface area contributed by atoms with Crippen molar-refractivity contribution in [3.8, 4) is 0 Å². The molecule has 0 radical (unpaired) electrons. The topological polar surface area (TPSA) is 29.3 Å². The Morgan fingerprint density at radius 2 is 1.95 bits per heavy atom. The van der Waals surface area contributed by atoms with Crippen LogP contribution in [0.4, 0.5) is 5.69 Å². The van der Waals surface area contributed by atoms with E-state index in [1.54, 1.807) is 0 Å². The monoisotopic (exact) mass is 344 g/mol. The zero-order valence-corrected chi connectivity index (χ0v) is 13.8. The Hall–Kier alpha value is -1.32. The lowest BCUT2D eigenvalue weighted by Gasteiger charge is -2.29. The summed E-state index contributed by atoms with van der Waals surface area (Å²) in [6, 6.07) is 15.0. The molecule has 0 spiro atoms. The molecule has 1 heterocycles. The van der Waals surface area contributed by atoms with Gasteiger partial charge >= 0.3 is 0 Å². The average molecular weight is 345 g/mol. The van der Waals surface area contributed by atoms with Crippen LogP contribution < -0.4 is 5.73 Å². The van der Waals surface area contributed by atoms with Crippen molar-refractivity contribution in [3.63, 3.8) is 0 Å². The highest BCUT2D eigenvalue weighted by atomic mass is 79.9. The van der Waals surface area contributed by atoms with Gasteiger partial charge in [-0.15, -0.1) is 0 Å². The van der Waals surface area contributed by atoms with Crippen molar-refractivity contribution in [1.29, 1.82) is 0 Å². The number of nitrogens with two attached hydrogens (primary N) is 1. The summed E-state index contributed by atoms with van der Waals surface area (Å²) in [5.74, 6) is 0. The molecule has 2 aromatic rings. The normalized spacial score (nSPS) is 14.9. The lowest BCUT2D eigenvalue weighted by atomic mass is 9.97. The second kappa shape index (κ2) is 6.63. The fourth-order valence-electron chi connectivity index (χ4n) is 3.09. The van der Waals surface area contributed by atoms with Gasteiger partial charge in [-0.25, -0.2) is 0 Å². The largest absolute Gasteiger partial charge is 0.398 e. The zero-order chi connectivity index (χ0) is 14.7. The van der Waals surface area contributed by atoms with Crippen molar-refractivity contribution >= 4 is 21.6 Å². The number of fused-ring (bicyclic) bond motifs is 1. The minimum absolute atomic E-state index is 0.934. The number of nitrogens with zero attached hydrogens (tertiary/aromatic N) is 1. The number of anilines is 1. The van der Waals surface area contributed by atoms with Gasteiger partial charge < -0.3 is 5.73 Å².